The number of benzene rings is 18. The highest BCUT2D eigenvalue weighted by molar-refractivity contribution is 5.85. The molecule has 0 fully saturated rings. The van der Waals surface area contributed by atoms with Crippen LogP contribution in [0.2, 0.25) is 0 Å². The Morgan fingerprint density at radius 3 is 0.458 bits per heavy atom. The van der Waals surface area contributed by atoms with Crippen LogP contribution in [0.25, 0.3) is 54.6 Å². The summed E-state index contributed by atoms with van der Waals surface area (Å²) in [5.74, 6) is 0. The van der Waals surface area contributed by atoms with Gasteiger partial charge in [-0.05, 0) is 291 Å². The van der Waals surface area contributed by atoms with Gasteiger partial charge in [0.25, 0.3) is 0 Å². The van der Waals surface area contributed by atoms with Crippen LogP contribution in [-0.4, -0.2) is 0 Å². The van der Waals surface area contributed by atoms with Gasteiger partial charge in [0, 0.05) is 5.41 Å². The van der Waals surface area contributed by atoms with Crippen LogP contribution >= 0.6 is 0 Å². The molecule has 0 aliphatic carbocycles. The predicted molar refractivity (Wildman–Crippen MR) is 640 cm³/mol. The quantitative estimate of drug-likeness (QED) is 0.165. The van der Waals surface area contributed by atoms with E-state index in [1.165, 1.54) is 222 Å². The van der Waals surface area contributed by atoms with Gasteiger partial charge in [-0.15, -0.1) is 0 Å². The fraction of sp³-hybridized carbons (Fsp3) is 0.282. The molecule has 18 aromatic rings. The lowest BCUT2D eigenvalue weighted by Gasteiger charge is -2.26. The third-order valence-electron chi connectivity index (χ3n) is 23.7. The van der Waals surface area contributed by atoms with Gasteiger partial charge in [0.2, 0.25) is 0 Å². The van der Waals surface area contributed by atoms with Gasteiger partial charge >= 0.3 is 0 Å². The van der Waals surface area contributed by atoms with Gasteiger partial charge in [-0.2, -0.15) is 0 Å². The summed E-state index contributed by atoms with van der Waals surface area (Å²) in [4.78, 5) is 0. The topological polar surface area (TPSA) is 0 Å². The second-order valence-corrected chi connectivity index (χ2v) is 40.8. The molecule has 18 rings (SSSR count). The van der Waals surface area contributed by atoms with Gasteiger partial charge in [-0.3, -0.25) is 0 Å². The number of rotatable bonds is 4. The highest BCUT2D eigenvalue weighted by Crippen LogP contribution is 2.33. The van der Waals surface area contributed by atoms with Crippen molar-refractivity contribution in [2.75, 3.05) is 0 Å². The van der Waals surface area contributed by atoms with Crippen molar-refractivity contribution in [2.24, 2.45) is 5.41 Å². The Bertz CT molecular complexity index is 5830. The zero-order valence-electron chi connectivity index (χ0n) is 94.6. The van der Waals surface area contributed by atoms with Crippen molar-refractivity contribution in [3.05, 3.63) is 544 Å². The molecule has 0 saturated heterocycles. The van der Waals surface area contributed by atoms with E-state index in [1.807, 2.05) is 32.0 Å². The van der Waals surface area contributed by atoms with E-state index in [1.54, 1.807) is 0 Å². The summed E-state index contributed by atoms with van der Waals surface area (Å²) in [5, 5.41) is 8.00. The molecule has 0 atom stereocenters. The van der Waals surface area contributed by atoms with Crippen LogP contribution < -0.4 is 0 Å². The first-order chi connectivity index (χ1) is 67.2. The Labute approximate surface area is 865 Å². The second-order valence-electron chi connectivity index (χ2n) is 40.8. The molecule has 0 N–H and O–H groups in total. The normalized spacial score (nSPS) is 10.0. The first-order valence-corrected chi connectivity index (χ1v) is 51.2. The highest BCUT2D eigenvalue weighted by Gasteiger charge is 2.22. The van der Waals surface area contributed by atoms with E-state index in [0.29, 0.717) is 5.41 Å². The molecule has 18 aromatic carbocycles. The SMILES string of the molecule is CC.CC(C)(C)C.CCC.Cc1cc(-c2cc(C)c(C)c(C)c2)cc(C)c1C.Cc1ccc(-c2ccc(C)cc2)cc1.Cc1ccc(C(C)(C)c2ccc(C)cc2)cc1.Cc1ccc(C)cc1.Cc1ccc(C)cc1.Cc1ccc(C)cc1.Cc1ccc(C)cc1.Cc1ccc(C)cc1.Cc1ccc2cc(C)ccc2c1.Cc1ccc2cc(C)ccc2c1.Cc1ccc2ccc(C)cc2c1.Cc1ccccc1. The van der Waals surface area contributed by atoms with E-state index in [-0.39, 0.29) is 5.41 Å². The molecule has 0 saturated carbocycles. The number of fused-ring (bicyclic) bond motifs is 3. The molecule has 0 bridgehead atoms. The Hall–Kier alpha value is -13.3. The fourth-order valence-corrected chi connectivity index (χ4v) is 14.2. The third-order valence-corrected chi connectivity index (χ3v) is 23.7. The third kappa shape index (κ3) is 48.8. The Morgan fingerprint density at radius 1 is 0.148 bits per heavy atom. The maximum atomic E-state index is 2.30. The van der Waals surface area contributed by atoms with Gasteiger partial charge < -0.3 is 0 Å². The second kappa shape index (κ2) is 63.5. The minimum absolute atomic E-state index is 0.0708. The van der Waals surface area contributed by atoms with Crippen LogP contribution in [0, 0.1) is 192 Å². The van der Waals surface area contributed by atoms with Crippen molar-refractivity contribution in [3.63, 3.8) is 0 Å². The van der Waals surface area contributed by atoms with Crippen LogP contribution in [0.5, 0.6) is 0 Å². The van der Waals surface area contributed by atoms with E-state index in [9.17, 15) is 0 Å². The minimum atomic E-state index is 0.0708. The summed E-state index contributed by atoms with van der Waals surface area (Å²) in [7, 11) is 0. The van der Waals surface area contributed by atoms with E-state index >= 15 is 0 Å². The Kier molecular flexibility index (Phi) is 54.1. The van der Waals surface area contributed by atoms with E-state index in [0.717, 1.165) is 0 Å². The zero-order valence-corrected chi connectivity index (χ0v) is 94.6. The van der Waals surface area contributed by atoms with Crippen molar-refractivity contribution < 1.29 is 0 Å². The van der Waals surface area contributed by atoms with Crippen LogP contribution in [0.1, 0.15) is 237 Å². The monoisotopic (exact) mass is 1880 g/mol. The van der Waals surface area contributed by atoms with Crippen LogP contribution in [0.15, 0.2) is 382 Å². The average molecular weight is 1880 g/mol. The lowest BCUT2D eigenvalue weighted by atomic mass is 9.78. The molecule has 0 heteroatoms. The smallest absolute Gasteiger partial charge is 0.0146 e. The predicted octanol–water partition coefficient (Wildman–Crippen LogP) is 42.2. The van der Waals surface area contributed by atoms with Gasteiger partial charge in [0.15, 0.2) is 0 Å². The Morgan fingerprint density at radius 2 is 0.289 bits per heavy atom. The van der Waals surface area contributed by atoms with Crippen LogP contribution in [0.3, 0.4) is 0 Å². The summed E-state index contributed by atoms with van der Waals surface area (Å²) in [6.45, 7) is 79.0. The Balaban J connectivity index is 0.000000323. The molecule has 744 valence electrons. The lowest BCUT2D eigenvalue weighted by Crippen LogP contribution is -2.18. The van der Waals surface area contributed by atoms with Crippen molar-refractivity contribution in [3.8, 4) is 22.3 Å². The molecular formula is C142H176. The summed E-state index contributed by atoms with van der Waals surface area (Å²) in [6.07, 6.45) is 1.25. The number of hydrogen-bond donors (Lipinski definition) is 0. The zero-order chi connectivity index (χ0) is 106. The molecule has 0 amide bonds. The average Bonchev–Trinajstić information content (AvgIpc) is 0.802. The van der Waals surface area contributed by atoms with Gasteiger partial charge in [0.1, 0.15) is 0 Å². The van der Waals surface area contributed by atoms with Crippen molar-refractivity contribution in [2.45, 2.75) is 268 Å². The van der Waals surface area contributed by atoms with Crippen molar-refractivity contribution in [1.29, 1.82) is 0 Å². The first kappa shape index (κ1) is 121. The van der Waals surface area contributed by atoms with Gasteiger partial charge in [0.05, 0.1) is 0 Å². The molecule has 0 aromatic heterocycles. The first-order valence-electron chi connectivity index (χ1n) is 51.2. The fourth-order valence-electron chi connectivity index (χ4n) is 14.2. The molecule has 142 heavy (non-hydrogen) atoms. The summed E-state index contributed by atoms with van der Waals surface area (Å²) >= 11 is 0. The van der Waals surface area contributed by atoms with Crippen LogP contribution in [0.4, 0.5) is 0 Å². The maximum Gasteiger partial charge on any atom is 0.0146 e. The minimum Gasteiger partial charge on any atom is -0.0683 e. The summed E-state index contributed by atoms with van der Waals surface area (Å²) in [5.41, 5.74) is 44.7. The van der Waals surface area contributed by atoms with E-state index < -0.39 is 0 Å². The molecule has 0 heterocycles. The molecule has 0 radical (unpaired) electrons. The lowest BCUT2D eigenvalue weighted by molar-refractivity contribution is 0.469. The highest BCUT2D eigenvalue weighted by atomic mass is 14.3. The molecule has 0 aliphatic heterocycles. The number of hydrogen-bond acceptors (Lipinski definition) is 0. The number of aryl methyl sites for hydroxylation is 25. The molecule has 0 spiro atoms. The molecular weight excluding hydrogens is 1710 g/mol. The summed E-state index contributed by atoms with van der Waals surface area (Å²) in [6, 6.07) is 136. The molecule has 0 nitrogen and oxygen atoms in total. The van der Waals surface area contributed by atoms with Gasteiger partial charge in [-0.25, -0.2) is 0 Å². The van der Waals surface area contributed by atoms with E-state index in [4.69, 9.17) is 0 Å². The van der Waals surface area contributed by atoms with Crippen LogP contribution in [-0.2, 0) is 5.41 Å². The molecule has 0 aliphatic rings. The van der Waals surface area contributed by atoms with E-state index in [2.05, 4.69) is 606 Å². The van der Waals surface area contributed by atoms with Crippen molar-refractivity contribution >= 4 is 32.3 Å². The molecule has 0 unspecified atom stereocenters. The standard InChI is InChI=1S/C18H22.C17H20.C14H14.3C12H12.5C8H10.C7H8.C5H12.C3H8.C2H6/c1-11-7-17(8-12(2)15(11)5)18-9-13(3)16(6)14(4)10-18;1-13-5-9-15(10-6-13)17(3,4)16-11-7-14(2)8-12-16;1-11-3-7-13(8-4-11)14-9-5-12(2)6-10-14;2*1-9-3-5-12-8-10(2)4-6-11(12)7-9;1-9-3-5-11-6-4-10(2)8-12(11)7-9;5*1-7-3-5-8(2)6-4-7;1-7-5-3-2-4-6-7;1-5(2,3)4;1-3-2;1-2/h7-10H,1-6H3;5-12H,1-4H3;3-10H,1-2H3;3*3-8H,1-2H3;5*3-6H,1-2H3;2-6H,1H3;1-4H3;3H2,1-2H3;1-2H3. The maximum absolute atomic E-state index is 2.30. The van der Waals surface area contributed by atoms with Gasteiger partial charge in [-0.1, -0.05) is 575 Å². The van der Waals surface area contributed by atoms with Crippen molar-refractivity contribution in [1.82, 2.24) is 0 Å². The summed E-state index contributed by atoms with van der Waals surface area (Å²) < 4.78 is 0. The largest absolute Gasteiger partial charge is 0.0683 e.